The number of methoxy groups -OCH3 is 1. The second-order valence-corrected chi connectivity index (χ2v) is 6.33. The first-order valence-electron chi connectivity index (χ1n) is 9.06. The normalized spacial score (nSPS) is 10.8. The maximum atomic E-state index is 12.8. The average molecular weight is 372 g/mol. The molecule has 0 aliphatic carbocycles. The topological polar surface area (TPSA) is 69.0 Å². The molecule has 0 saturated heterocycles. The molecule has 2 heterocycles. The molecule has 0 fully saturated rings. The molecular weight excluding hydrogens is 352 g/mol. The minimum absolute atomic E-state index is 0.173. The van der Waals surface area contributed by atoms with Gasteiger partial charge in [0.1, 0.15) is 11.4 Å². The third kappa shape index (κ3) is 3.32. The van der Waals surface area contributed by atoms with Crippen molar-refractivity contribution in [3.05, 3.63) is 77.3 Å². The summed E-state index contributed by atoms with van der Waals surface area (Å²) in [6.45, 7) is 2.38. The molecule has 0 bridgehead atoms. The summed E-state index contributed by atoms with van der Waals surface area (Å²) < 4.78 is 6.68. The zero-order valence-corrected chi connectivity index (χ0v) is 15.7. The first-order valence-corrected chi connectivity index (χ1v) is 9.06. The van der Waals surface area contributed by atoms with Crippen LogP contribution in [0.5, 0.6) is 5.75 Å². The Morgan fingerprint density at radius 2 is 1.82 bits per heavy atom. The Balaban J connectivity index is 1.80. The highest BCUT2D eigenvalue weighted by Gasteiger charge is 2.11. The molecule has 2 aromatic carbocycles. The molecule has 6 nitrogen and oxygen atoms in total. The van der Waals surface area contributed by atoms with Gasteiger partial charge >= 0.3 is 0 Å². The molecule has 140 valence electrons. The molecule has 0 atom stereocenters. The zero-order valence-electron chi connectivity index (χ0n) is 15.7. The molecule has 2 aromatic heterocycles. The summed E-state index contributed by atoms with van der Waals surface area (Å²) in [7, 11) is 1.63. The zero-order chi connectivity index (χ0) is 19.5. The van der Waals surface area contributed by atoms with Crippen LogP contribution in [0.15, 0.2) is 71.8 Å². The van der Waals surface area contributed by atoms with Crippen molar-refractivity contribution in [2.24, 2.45) is 0 Å². The summed E-state index contributed by atoms with van der Waals surface area (Å²) in [5, 5.41) is 9.76. The van der Waals surface area contributed by atoms with Crippen LogP contribution in [0.4, 0.5) is 11.4 Å². The van der Waals surface area contributed by atoms with E-state index in [1.54, 1.807) is 25.6 Å². The molecule has 0 aliphatic rings. The van der Waals surface area contributed by atoms with Gasteiger partial charge in [-0.2, -0.15) is 5.10 Å². The molecule has 4 rings (SSSR count). The van der Waals surface area contributed by atoms with Crippen molar-refractivity contribution in [3.8, 4) is 17.0 Å². The van der Waals surface area contributed by atoms with E-state index in [0.717, 1.165) is 27.8 Å². The number of aromatic nitrogens is 3. The lowest BCUT2D eigenvalue weighted by atomic mass is 10.1. The standard InChI is InChI=1S/C22H20N4O2/c1-3-26-22(27)20(12-19(25-26)15-8-10-17(28-2)11-9-15)24-21-14-23-13-16-6-4-5-7-18(16)21/h4-14,24H,3H2,1-2H3. The van der Waals surface area contributed by atoms with E-state index in [-0.39, 0.29) is 5.56 Å². The van der Waals surface area contributed by atoms with Crippen LogP contribution in [0.2, 0.25) is 0 Å². The van der Waals surface area contributed by atoms with E-state index in [1.165, 1.54) is 4.68 Å². The van der Waals surface area contributed by atoms with Gasteiger partial charge < -0.3 is 10.1 Å². The van der Waals surface area contributed by atoms with E-state index < -0.39 is 0 Å². The van der Waals surface area contributed by atoms with E-state index in [0.29, 0.717) is 17.9 Å². The minimum Gasteiger partial charge on any atom is -0.497 e. The van der Waals surface area contributed by atoms with Crippen LogP contribution in [-0.4, -0.2) is 21.9 Å². The van der Waals surface area contributed by atoms with Crippen LogP contribution in [0.3, 0.4) is 0 Å². The highest BCUT2D eigenvalue weighted by atomic mass is 16.5. The van der Waals surface area contributed by atoms with E-state index >= 15 is 0 Å². The number of nitrogens with one attached hydrogen (secondary N) is 1. The number of fused-ring (bicyclic) bond motifs is 1. The van der Waals surface area contributed by atoms with Gasteiger partial charge in [-0.25, -0.2) is 4.68 Å². The largest absolute Gasteiger partial charge is 0.497 e. The molecule has 1 N–H and O–H groups in total. The quantitative estimate of drug-likeness (QED) is 0.568. The van der Waals surface area contributed by atoms with E-state index in [4.69, 9.17) is 4.74 Å². The Bertz CT molecular complexity index is 1180. The molecule has 28 heavy (non-hydrogen) atoms. The van der Waals surface area contributed by atoms with Gasteiger partial charge in [-0.05, 0) is 37.3 Å². The number of hydrogen-bond donors (Lipinski definition) is 1. The monoisotopic (exact) mass is 372 g/mol. The molecular formula is C22H20N4O2. The lowest BCUT2D eigenvalue weighted by molar-refractivity contribution is 0.415. The summed E-state index contributed by atoms with van der Waals surface area (Å²) in [5.41, 5.74) is 2.68. The van der Waals surface area contributed by atoms with Crippen molar-refractivity contribution < 1.29 is 4.74 Å². The first kappa shape index (κ1) is 17.7. The van der Waals surface area contributed by atoms with Gasteiger partial charge in [-0.1, -0.05) is 24.3 Å². The van der Waals surface area contributed by atoms with Gasteiger partial charge in [-0.3, -0.25) is 9.78 Å². The molecule has 0 unspecified atom stereocenters. The molecule has 0 aliphatic heterocycles. The maximum absolute atomic E-state index is 12.8. The van der Waals surface area contributed by atoms with Gasteiger partial charge in [-0.15, -0.1) is 0 Å². The molecule has 0 spiro atoms. The van der Waals surface area contributed by atoms with Crippen LogP contribution < -0.4 is 15.6 Å². The Morgan fingerprint density at radius 1 is 1.04 bits per heavy atom. The van der Waals surface area contributed by atoms with Gasteiger partial charge in [0, 0.05) is 29.1 Å². The SMILES string of the molecule is CCn1nc(-c2ccc(OC)cc2)cc(Nc2cncc3ccccc23)c1=O. The lowest BCUT2D eigenvalue weighted by Crippen LogP contribution is -2.24. The highest BCUT2D eigenvalue weighted by molar-refractivity contribution is 5.94. The second-order valence-electron chi connectivity index (χ2n) is 6.33. The molecule has 0 amide bonds. The summed E-state index contributed by atoms with van der Waals surface area (Å²) >= 11 is 0. The fraction of sp³-hybridized carbons (Fsp3) is 0.136. The Kier molecular flexibility index (Phi) is 4.76. The van der Waals surface area contributed by atoms with Gasteiger partial charge in [0.05, 0.1) is 24.7 Å². The van der Waals surface area contributed by atoms with Crippen LogP contribution in [0.25, 0.3) is 22.0 Å². The van der Waals surface area contributed by atoms with E-state index in [1.807, 2.05) is 55.5 Å². The molecule has 0 saturated carbocycles. The number of aryl methyl sites for hydroxylation is 1. The van der Waals surface area contributed by atoms with Crippen molar-refractivity contribution in [1.29, 1.82) is 0 Å². The smallest absolute Gasteiger partial charge is 0.290 e. The van der Waals surface area contributed by atoms with Crippen molar-refractivity contribution in [3.63, 3.8) is 0 Å². The minimum atomic E-state index is -0.173. The second kappa shape index (κ2) is 7.52. The number of rotatable bonds is 5. The average Bonchev–Trinajstić information content (AvgIpc) is 2.75. The number of nitrogens with zero attached hydrogens (tertiary/aromatic N) is 3. The number of pyridine rings is 1. The first-order chi connectivity index (χ1) is 13.7. The van der Waals surface area contributed by atoms with Crippen molar-refractivity contribution in [2.45, 2.75) is 13.5 Å². The van der Waals surface area contributed by atoms with Crippen LogP contribution in [0, 0.1) is 0 Å². The fourth-order valence-corrected chi connectivity index (χ4v) is 3.11. The highest BCUT2D eigenvalue weighted by Crippen LogP contribution is 2.26. The molecule has 0 radical (unpaired) electrons. The molecule has 4 aromatic rings. The van der Waals surface area contributed by atoms with Crippen molar-refractivity contribution in [1.82, 2.24) is 14.8 Å². The summed E-state index contributed by atoms with van der Waals surface area (Å²) in [4.78, 5) is 17.1. The molecule has 6 heteroatoms. The Morgan fingerprint density at radius 3 is 2.57 bits per heavy atom. The third-order valence-electron chi connectivity index (χ3n) is 4.60. The van der Waals surface area contributed by atoms with Gasteiger partial charge in [0.25, 0.3) is 5.56 Å². The number of benzene rings is 2. The third-order valence-corrected chi connectivity index (χ3v) is 4.60. The number of hydrogen-bond acceptors (Lipinski definition) is 5. The summed E-state index contributed by atoms with van der Waals surface area (Å²) in [6, 6.07) is 17.3. The predicted octanol–water partition coefficient (Wildman–Crippen LogP) is 4.23. The Labute approximate surface area is 162 Å². The van der Waals surface area contributed by atoms with Crippen molar-refractivity contribution in [2.75, 3.05) is 12.4 Å². The predicted molar refractivity (Wildman–Crippen MR) is 111 cm³/mol. The fourth-order valence-electron chi connectivity index (χ4n) is 3.11. The van der Waals surface area contributed by atoms with Gasteiger partial charge in [0.2, 0.25) is 0 Å². The van der Waals surface area contributed by atoms with Crippen molar-refractivity contribution >= 4 is 22.1 Å². The number of ether oxygens (including phenoxy) is 1. The lowest BCUT2D eigenvalue weighted by Gasteiger charge is -2.12. The van der Waals surface area contributed by atoms with Gasteiger partial charge in [0.15, 0.2) is 0 Å². The van der Waals surface area contributed by atoms with E-state index in [2.05, 4.69) is 15.4 Å². The van der Waals surface area contributed by atoms with E-state index in [9.17, 15) is 4.79 Å². The van der Waals surface area contributed by atoms with Crippen LogP contribution in [0.1, 0.15) is 6.92 Å². The summed E-state index contributed by atoms with van der Waals surface area (Å²) in [5.74, 6) is 0.771. The number of anilines is 2. The van der Waals surface area contributed by atoms with Crippen LogP contribution in [-0.2, 0) is 6.54 Å². The van der Waals surface area contributed by atoms with Crippen LogP contribution >= 0.6 is 0 Å². The summed E-state index contributed by atoms with van der Waals surface area (Å²) in [6.07, 6.45) is 3.53. The Hall–Kier alpha value is -3.67. The maximum Gasteiger partial charge on any atom is 0.290 e.